The molecule has 0 aliphatic heterocycles. The van der Waals surface area contributed by atoms with Crippen LogP contribution in [0.2, 0.25) is 0 Å². The number of hydrogen-bond donors (Lipinski definition) is 2. The van der Waals surface area contributed by atoms with Gasteiger partial charge in [0.15, 0.2) is 0 Å². The summed E-state index contributed by atoms with van der Waals surface area (Å²) in [5.74, 6) is -1.62. The predicted octanol–water partition coefficient (Wildman–Crippen LogP) is 1.59. The zero-order valence-electron chi connectivity index (χ0n) is 10.7. The molecule has 0 fully saturated rings. The Hall–Kier alpha value is -1.92. The largest absolute Gasteiger partial charge is 0.481 e. The van der Waals surface area contributed by atoms with E-state index in [1.54, 1.807) is 0 Å². The zero-order chi connectivity index (χ0) is 14.6. The standard InChI is InChI=1S/C12H16F2N2O3/c1-12(2,11(18)19)7-15-10(17)8-4-3-5-16(8)6-9(13)14/h3-5,9H,6-7H2,1-2H3,(H,15,17)(H,18,19). The monoisotopic (exact) mass is 274 g/mol. The van der Waals surface area contributed by atoms with Gasteiger partial charge in [-0.15, -0.1) is 0 Å². The highest BCUT2D eigenvalue weighted by atomic mass is 19.3. The second-order valence-electron chi connectivity index (χ2n) is 4.81. The molecule has 7 heteroatoms. The molecule has 5 nitrogen and oxygen atoms in total. The molecule has 1 aromatic rings. The molecule has 2 N–H and O–H groups in total. The fourth-order valence-corrected chi connectivity index (χ4v) is 1.40. The second kappa shape index (κ2) is 5.81. The first kappa shape index (κ1) is 15.1. The molecular formula is C12H16F2N2O3. The van der Waals surface area contributed by atoms with Gasteiger partial charge in [-0.3, -0.25) is 9.59 Å². The van der Waals surface area contributed by atoms with Gasteiger partial charge in [-0.2, -0.15) is 0 Å². The number of carboxylic acids is 1. The Morgan fingerprint density at radius 1 is 1.47 bits per heavy atom. The molecule has 0 unspecified atom stereocenters. The second-order valence-corrected chi connectivity index (χ2v) is 4.81. The zero-order valence-corrected chi connectivity index (χ0v) is 10.7. The minimum absolute atomic E-state index is 0.0823. The summed E-state index contributed by atoms with van der Waals surface area (Å²) in [6.45, 7) is 2.28. The molecule has 0 atom stereocenters. The molecule has 19 heavy (non-hydrogen) atoms. The Labute approximate surface area is 109 Å². The fraction of sp³-hybridized carbons (Fsp3) is 0.500. The van der Waals surface area contributed by atoms with Gasteiger partial charge >= 0.3 is 5.97 Å². The molecule has 1 heterocycles. The number of alkyl halides is 2. The molecule has 0 aromatic carbocycles. The van der Waals surface area contributed by atoms with E-state index in [1.165, 1.54) is 32.2 Å². The maximum absolute atomic E-state index is 12.3. The molecule has 0 saturated carbocycles. The van der Waals surface area contributed by atoms with Crippen LogP contribution in [0.1, 0.15) is 24.3 Å². The third-order valence-electron chi connectivity index (χ3n) is 2.67. The van der Waals surface area contributed by atoms with Crippen molar-refractivity contribution in [3.05, 3.63) is 24.0 Å². The van der Waals surface area contributed by atoms with E-state index in [0.29, 0.717) is 0 Å². The third-order valence-corrected chi connectivity index (χ3v) is 2.67. The van der Waals surface area contributed by atoms with Gasteiger partial charge in [-0.25, -0.2) is 8.78 Å². The summed E-state index contributed by atoms with van der Waals surface area (Å²) < 4.78 is 25.7. The Bertz CT molecular complexity index is 469. The summed E-state index contributed by atoms with van der Waals surface area (Å²) in [7, 11) is 0. The van der Waals surface area contributed by atoms with Gasteiger partial charge in [0.2, 0.25) is 0 Å². The molecule has 0 aliphatic rings. The van der Waals surface area contributed by atoms with E-state index in [4.69, 9.17) is 5.11 Å². The molecule has 0 spiro atoms. The normalized spacial score (nSPS) is 11.6. The SMILES string of the molecule is CC(C)(CNC(=O)c1cccn1CC(F)F)C(=O)O. The predicted molar refractivity (Wildman–Crippen MR) is 64.2 cm³/mol. The van der Waals surface area contributed by atoms with Crippen molar-refractivity contribution in [2.24, 2.45) is 5.41 Å². The molecule has 0 aliphatic carbocycles. The lowest BCUT2D eigenvalue weighted by Gasteiger charge is -2.19. The Morgan fingerprint density at radius 2 is 2.11 bits per heavy atom. The summed E-state index contributed by atoms with van der Waals surface area (Å²) >= 11 is 0. The number of amides is 1. The molecular weight excluding hydrogens is 258 g/mol. The number of nitrogens with one attached hydrogen (secondary N) is 1. The number of aromatic nitrogens is 1. The van der Waals surface area contributed by atoms with Crippen molar-refractivity contribution in [3.8, 4) is 0 Å². The highest BCUT2D eigenvalue weighted by Crippen LogP contribution is 2.14. The molecule has 1 rings (SSSR count). The van der Waals surface area contributed by atoms with E-state index in [9.17, 15) is 18.4 Å². The van der Waals surface area contributed by atoms with Crippen molar-refractivity contribution < 1.29 is 23.5 Å². The van der Waals surface area contributed by atoms with Crippen molar-refractivity contribution in [2.45, 2.75) is 26.8 Å². The van der Waals surface area contributed by atoms with E-state index in [2.05, 4.69) is 5.32 Å². The van der Waals surface area contributed by atoms with Gasteiger partial charge in [-0.1, -0.05) is 0 Å². The van der Waals surface area contributed by atoms with Crippen molar-refractivity contribution in [1.82, 2.24) is 9.88 Å². The maximum atomic E-state index is 12.3. The fourth-order valence-electron chi connectivity index (χ4n) is 1.40. The van der Waals surface area contributed by atoms with Crippen LogP contribution in [0.25, 0.3) is 0 Å². The third kappa shape index (κ3) is 4.04. The van der Waals surface area contributed by atoms with Crippen LogP contribution in [0, 0.1) is 5.41 Å². The number of aliphatic carboxylic acids is 1. The van der Waals surface area contributed by atoms with Crippen molar-refractivity contribution in [1.29, 1.82) is 0 Å². The average Bonchev–Trinajstić information content (AvgIpc) is 2.73. The highest BCUT2D eigenvalue weighted by molar-refractivity contribution is 5.93. The van der Waals surface area contributed by atoms with Crippen LogP contribution in [-0.2, 0) is 11.3 Å². The van der Waals surface area contributed by atoms with Gasteiger partial charge in [0.25, 0.3) is 12.3 Å². The van der Waals surface area contributed by atoms with Crippen molar-refractivity contribution in [2.75, 3.05) is 6.54 Å². The quantitative estimate of drug-likeness (QED) is 0.827. The molecule has 1 amide bonds. The van der Waals surface area contributed by atoms with Gasteiger partial charge in [0, 0.05) is 12.7 Å². The minimum atomic E-state index is -2.56. The lowest BCUT2D eigenvalue weighted by molar-refractivity contribution is -0.146. The van der Waals surface area contributed by atoms with Crippen LogP contribution >= 0.6 is 0 Å². The maximum Gasteiger partial charge on any atom is 0.310 e. The number of nitrogens with zero attached hydrogens (tertiary/aromatic N) is 1. The van der Waals surface area contributed by atoms with Crippen LogP contribution in [0.5, 0.6) is 0 Å². The van der Waals surface area contributed by atoms with E-state index >= 15 is 0 Å². The Kier molecular flexibility index (Phi) is 4.63. The van der Waals surface area contributed by atoms with Gasteiger partial charge in [0.05, 0.1) is 12.0 Å². The highest BCUT2D eigenvalue weighted by Gasteiger charge is 2.28. The lowest BCUT2D eigenvalue weighted by atomic mass is 9.94. The molecule has 0 saturated heterocycles. The molecule has 0 bridgehead atoms. The van der Waals surface area contributed by atoms with Crippen LogP contribution < -0.4 is 5.32 Å². The van der Waals surface area contributed by atoms with Crippen molar-refractivity contribution >= 4 is 11.9 Å². The van der Waals surface area contributed by atoms with E-state index in [-0.39, 0.29) is 12.2 Å². The Morgan fingerprint density at radius 3 is 2.63 bits per heavy atom. The summed E-state index contributed by atoms with van der Waals surface area (Å²) in [6.07, 6.45) is -1.18. The number of hydrogen-bond acceptors (Lipinski definition) is 2. The number of halogens is 2. The number of carbonyl (C=O) groups excluding carboxylic acids is 1. The number of carboxylic acid groups (broad SMARTS) is 1. The molecule has 1 aromatic heterocycles. The van der Waals surface area contributed by atoms with Crippen LogP contribution in [0.3, 0.4) is 0 Å². The van der Waals surface area contributed by atoms with E-state index in [1.807, 2.05) is 0 Å². The van der Waals surface area contributed by atoms with Gasteiger partial charge in [0.1, 0.15) is 5.69 Å². The van der Waals surface area contributed by atoms with Gasteiger partial charge in [-0.05, 0) is 26.0 Å². The van der Waals surface area contributed by atoms with E-state index < -0.39 is 30.3 Å². The first-order chi connectivity index (χ1) is 8.74. The molecule has 0 radical (unpaired) electrons. The Balaban J connectivity index is 2.69. The number of carbonyl (C=O) groups is 2. The first-order valence-corrected chi connectivity index (χ1v) is 5.69. The van der Waals surface area contributed by atoms with E-state index in [0.717, 1.165) is 4.57 Å². The summed E-state index contributed by atoms with van der Waals surface area (Å²) in [5, 5.41) is 11.3. The lowest BCUT2D eigenvalue weighted by Crippen LogP contribution is -2.39. The smallest absolute Gasteiger partial charge is 0.310 e. The number of rotatable bonds is 6. The minimum Gasteiger partial charge on any atom is -0.481 e. The first-order valence-electron chi connectivity index (χ1n) is 5.69. The van der Waals surface area contributed by atoms with Crippen LogP contribution in [0.4, 0.5) is 8.78 Å². The van der Waals surface area contributed by atoms with Crippen LogP contribution in [0.15, 0.2) is 18.3 Å². The van der Waals surface area contributed by atoms with Crippen LogP contribution in [-0.4, -0.2) is 34.5 Å². The topological polar surface area (TPSA) is 71.3 Å². The van der Waals surface area contributed by atoms with Gasteiger partial charge < -0.3 is 15.0 Å². The summed E-state index contributed by atoms with van der Waals surface area (Å²) in [4.78, 5) is 22.7. The summed E-state index contributed by atoms with van der Waals surface area (Å²) in [5.41, 5.74) is -1.03. The summed E-state index contributed by atoms with van der Waals surface area (Å²) in [6, 6.07) is 2.89. The average molecular weight is 274 g/mol. The molecule has 106 valence electrons. The van der Waals surface area contributed by atoms with Crippen molar-refractivity contribution in [3.63, 3.8) is 0 Å².